The summed E-state index contributed by atoms with van der Waals surface area (Å²) in [6.45, 7) is 13.6. The van der Waals surface area contributed by atoms with Crippen LogP contribution in [0.1, 0.15) is 39.9 Å². The van der Waals surface area contributed by atoms with Crippen LogP contribution in [0, 0.1) is 0 Å². The average molecular weight is 279 g/mol. The molecule has 1 aromatic heterocycles. The second-order valence-corrected chi connectivity index (χ2v) is 4.79. The van der Waals surface area contributed by atoms with Crippen molar-refractivity contribution in [3.63, 3.8) is 0 Å². The van der Waals surface area contributed by atoms with E-state index in [1.807, 2.05) is 6.07 Å². The first kappa shape index (κ1) is 16.7. The zero-order valence-corrected chi connectivity index (χ0v) is 13.4. The van der Waals surface area contributed by atoms with Gasteiger partial charge in [0.15, 0.2) is 0 Å². The molecule has 114 valence electrons. The highest BCUT2D eigenvalue weighted by atomic mass is 15.1. The van der Waals surface area contributed by atoms with Gasteiger partial charge in [-0.1, -0.05) is 20.8 Å². The number of hydrogen-bond acceptors (Lipinski definition) is 5. The van der Waals surface area contributed by atoms with Crippen LogP contribution >= 0.6 is 0 Å². The standard InChI is InChI=1S/C15H29N5/c1-5-9-13-18-14(16-6-2)12-15(19-13)17-10-11-20(7-3)8-4/h12H,5-11H2,1-4H3,(H2,16,17,18,19). The van der Waals surface area contributed by atoms with E-state index in [0.29, 0.717) is 0 Å². The lowest BCUT2D eigenvalue weighted by Gasteiger charge is -2.18. The molecule has 1 rings (SSSR count). The Hall–Kier alpha value is -1.36. The second kappa shape index (κ2) is 9.53. The SMILES string of the molecule is CCCc1nc(NCC)cc(NCCN(CC)CC)n1. The van der Waals surface area contributed by atoms with Crippen molar-refractivity contribution in [3.8, 4) is 0 Å². The van der Waals surface area contributed by atoms with Gasteiger partial charge in [0.05, 0.1) is 0 Å². The maximum absolute atomic E-state index is 4.57. The lowest BCUT2D eigenvalue weighted by Crippen LogP contribution is -2.28. The number of nitrogens with zero attached hydrogens (tertiary/aromatic N) is 3. The zero-order chi connectivity index (χ0) is 14.8. The maximum atomic E-state index is 4.57. The van der Waals surface area contributed by atoms with E-state index >= 15 is 0 Å². The highest BCUT2D eigenvalue weighted by Crippen LogP contribution is 2.12. The predicted octanol–water partition coefficient (Wildman–Crippen LogP) is 2.61. The van der Waals surface area contributed by atoms with Gasteiger partial charge in [0.25, 0.3) is 0 Å². The molecule has 5 nitrogen and oxygen atoms in total. The Morgan fingerprint density at radius 2 is 1.65 bits per heavy atom. The summed E-state index contributed by atoms with van der Waals surface area (Å²) in [5, 5.41) is 6.68. The third-order valence-electron chi connectivity index (χ3n) is 3.23. The minimum absolute atomic E-state index is 0.876. The molecule has 0 fully saturated rings. The van der Waals surface area contributed by atoms with Crippen molar-refractivity contribution in [2.24, 2.45) is 0 Å². The third-order valence-corrected chi connectivity index (χ3v) is 3.23. The predicted molar refractivity (Wildman–Crippen MR) is 86.5 cm³/mol. The number of aryl methyl sites for hydroxylation is 1. The van der Waals surface area contributed by atoms with Crippen LogP contribution in [0.2, 0.25) is 0 Å². The third kappa shape index (κ3) is 5.74. The van der Waals surface area contributed by atoms with Crippen molar-refractivity contribution in [1.82, 2.24) is 14.9 Å². The van der Waals surface area contributed by atoms with Crippen molar-refractivity contribution in [1.29, 1.82) is 0 Å². The van der Waals surface area contributed by atoms with Crippen molar-refractivity contribution in [3.05, 3.63) is 11.9 Å². The fourth-order valence-corrected chi connectivity index (χ4v) is 2.08. The van der Waals surface area contributed by atoms with Crippen LogP contribution in [0.5, 0.6) is 0 Å². The maximum Gasteiger partial charge on any atom is 0.133 e. The van der Waals surface area contributed by atoms with Gasteiger partial charge < -0.3 is 15.5 Å². The molecule has 1 aromatic rings. The lowest BCUT2D eigenvalue weighted by atomic mass is 10.3. The molecule has 5 heteroatoms. The van der Waals surface area contributed by atoms with Crippen molar-refractivity contribution in [2.75, 3.05) is 43.4 Å². The van der Waals surface area contributed by atoms with Gasteiger partial charge in [-0.05, 0) is 26.4 Å². The number of nitrogens with one attached hydrogen (secondary N) is 2. The Morgan fingerprint density at radius 3 is 2.20 bits per heavy atom. The topological polar surface area (TPSA) is 53.1 Å². The minimum Gasteiger partial charge on any atom is -0.370 e. The molecule has 0 saturated heterocycles. The van der Waals surface area contributed by atoms with Crippen LogP contribution in [-0.4, -0.2) is 47.6 Å². The van der Waals surface area contributed by atoms with E-state index in [9.17, 15) is 0 Å². The molecule has 0 spiro atoms. The number of anilines is 2. The van der Waals surface area contributed by atoms with Crippen LogP contribution < -0.4 is 10.6 Å². The number of rotatable bonds is 10. The van der Waals surface area contributed by atoms with Gasteiger partial charge in [-0.2, -0.15) is 0 Å². The Balaban J connectivity index is 2.62. The van der Waals surface area contributed by atoms with Crippen LogP contribution in [0.4, 0.5) is 11.6 Å². The van der Waals surface area contributed by atoms with E-state index < -0.39 is 0 Å². The number of aromatic nitrogens is 2. The molecule has 0 atom stereocenters. The molecule has 0 aromatic carbocycles. The van der Waals surface area contributed by atoms with Crippen molar-refractivity contribution >= 4 is 11.6 Å². The summed E-state index contributed by atoms with van der Waals surface area (Å²) in [7, 11) is 0. The van der Waals surface area contributed by atoms with Gasteiger partial charge in [0.2, 0.25) is 0 Å². The second-order valence-electron chi connectivity index (χ2n) is 4.79. The van der Waals surface area contributed by atoms with Gasteiger partial charge in [-0.3, -0.25) is 0 Å². The molecule has 0 unspecified atom stereocenters. The summed E-state index contributed by atoms with van der Waals surface area (Å²) < 4.78 is 0. The van der Waals surface area contributed by atoms with E-state index in [0.717, 1.165) is 63.0 Å². The molecule has 0 aliphatic carbocycles. The Morgan fingerprint density at radius 1 is 1.00 bits per heavy atom. The van der Waals surface area contributed by atoms with Crippen LogP contribution in [-0.2, 0) is 6.42 Å². The fraction of sp³-hybridized carbons (Fsp3) is 0.733. The first-order valence-electron chi connectivity index (χ1n) is 7.81. The summed E-state index contributed by atoms with van der Waals surface area (Å²) in [5.74, 6) is 2.75. The number of likely N-dealkylation sites (N-methyl/N-ethyl adjacent to an activating group) is 1. The molecular formula is C15H29N5. The zero-order valence-electron chi connectivity index (χ0n) is 13.4. The summed E-state index contributed by atoms with van der Waals surface area (Å²) in [6, 6.07) is 1.99. The van der Waals surface area contributed by atoms with Gasteiger partial charge in [-0.15, -0.1) is 0 Å². The van der Waals surface area contributed by atoms with Crippen LogP contribution in [0.3, 0.4) is 0 Å². The molecule has 0 saturated carbocycles. The molecule has 0 amide bonds. The van der Waals surface area contributed by atoms with Gasteiger partial charge in [-0.25, -0.2) is 9.97 Å². The average Bonchev–Trinajstić information content (AvgIpc) is 2.44. The van der Waals surface area contributed by atoms with Gasteiger partial charge in [0.1, 0.15) is 17.5 Å². The molecule has 0 radical (unpaired) electrons. The van der Waals surface area contributed by atoms with Crippen LogP contribution in [0.15, 0.2) is 6.07 Å². The van der Waals surface area contributed by atoms with Crippen LogP contribution in [0.25, 0.3) is 0 Å². The molecule has 0 aliphatic rings. The van der Waals surface area contributed by atoms with E-state index in [1.54, 1.807) is 0 Å². The molecule has 0 bridgehead atoms. The largest absolute Gasteiger partial charge is 0.370 e. The molecule has 20 heavy (non-hydrogen) atoms. The van der Waals surface area contributed by atoms with E-state index in [4.69, 9.17) is 0 Å². The summed E-state index contributed by atoms with van der Waals surface area (Å²) in [5.41, 5.74) is 0. The number of hydrogen-bond donors (Lipinski definition) is 2. The smallest absolute Gasteiger partial charge is 0.133 e. The Labute approximate surface area is 123 Å². The highest BCUT2D eigenvalue weighted by Gasteiger charge is 2.04. The first-order chi connectivity index (χ1) is 9.73. The molecule has 1 heterocycles. The van der Waals surface area contributed by atoms with Crippen molar-refractivity contribution in [2.45, 2.75) is 40.5 Å². The Kier molecular flexibility index (Phi) is 7.95. The van der Waals surface area contributed by atoms with E-state index in [1.165, 1.54) is 0 Å². The van der Waals surface area contributed by atoms with Gasteiger partial charge in [0, 0.05) is 32.1 Å². The first-order valence-corrected chi connectivity index (χ1v) is 7.81. The quantitative estimate of drug-likeness (QED) is 0.689. The summed E-state index contributed by atoms with van der Waals surface area (Å²) in [4.78, 5) is 11.5. The monoisotopic (exact) mass is 279 g/mol. The lowest BCUT2D eigenvalue weighted by molar-refractivity contribution is 0.316. The van der Waals surface area contributed by atoms with Gasteiger partial charge >= 0.3 is 0 Å². The molecule has 2 N–H and O–H groups in total. The Bertz CT molecular complexity index is 352. The molecular weight excluding hydrogens is 250 g/mol. The fourth-order valence-electron chi connectivity index (χ4n) is 2.08. The van der Waals surface area contributed by atoms with E-state index in [2.05, 4.69) is 53.2 Å². The minimum atomic E-state index is 0.876. The normalized spacial score (nSPS) is 10.8. The van der Waals surface area contributed by atoms with Crippen molar-refractivity contribution < 1.29 is 0 Å². The summed E-state index contributed by atoms with van der Waals surface area (Å²) >= 11 is 0. The molecule has 0 aliphatic heterocycles. The summed E-state index contributed by atoms with van der Waals surface area (Å²) in [6.07, 6.45) is 1.98. The highest BCUT2D eigenvalue weighted by molar-refractivity contribution is 5.47. The van der Waals surface area contributed by atoms with E-state index in [-0.39, 0.29) is 0 Å².